The van der Waals surface area contributed by atoms with Crippen molar-refractivity contribution in [3.05, 3.63) is 162 Å². The fourth-order valence-electron chi connectivity index (χ4n) is 7.52. The summed E-state index contributed by atoms with van der Waals surface area (Å²) in [5, 5.41) is 23.4. The standard InChI is InChI=1S/C44H28N4/c45-27-29-17-24-44-39(25-29)37-12-4-8-16-43(37)48(44)40-13-5-1-9-34(40)31-18-19-32(28-46)38(26-31)30-20-22-33(23-21-30)47-41-14-6-2-10-35(41)36-11-3-7-15-42(36)47/h1-3,5-11,13-26H,4,12H2. The number of nitriles is 2. The monoisotopic (exact) mass is 612 g/mol. The molecule has 9 rings (SSSR count). The number of hydrogen-bond donors (Lipinski definition) is 0. The van der Waals surface area contributed by atoms with E-state index in [2.05, 4.69) is 149 Å². The summed E-state index contributed by atoms with van der Waals surface area (Å²) in [5.41, 5.74) is 13.3. The summed E-state index contributed by atoms with van der Waals surface area (Å²) in [6.45, 7) is 0. The van der Waals surface area contributed by atoms with Gasteiger partial charge in [0.25, 0.3) is 0 Å². The molecule has 2 heterocycles. The first kappa shape index (κ1) is 27.7. The van der Waals surface area contributed by atoms with Gasteiger partial charge >= 0.3 is 0 Å². The van der Waals surface area contributed by atoms with Crippen LogP contribution in [0.25, 0.3) is 72.4 Å². The van der Waals surface area contributed by atoms with Gasteiger partial charge in [-0.05, 0) is 96.3 Å². The summed E-state index contributed by atoms with van der Waals surface area (Å²) in [6, 6.07) is 50.9. The Morgan fingerprint density at radius 1 is 0.542 bits per heavy atom. The van der Waals surface area contributed by atoms with Crippen LogP contribution >= 0.6 is 0 Å². The van der Waals surface area contributed by atoms with E-state index >= 15 is 0 Å². The Morgan fingerprint density at radius 3 is 1.98 bits per heavy atom. The van der Waals surface area contributed by atoms with E-state index in [1.54, 1.807) is 0 Å². The maximum absolute atomic E-state index is 10.2. The van der Waals surface area contributed by atoms with E-state index < -0.39 is 0 Å². The van der Waals surface area contributed by atoms with Gasteiger partial charge in [0.15, 0.2) is 0 Å². The lowest BCUT2D eigenvalue weighted by atomic mass is 9.94. The van der Waals surface area contributed by atoms with Gasteiger partial charge in [-0.25, -0.2) is 0 Å². The van der Waals surface area contributed by atoms with Gasteiger partial charge in [0, 0.05) is 38.7 Å². The van der Waals surface area contributed by atoms with Crippen LogP contribution in [0.15, 0.2) is 140 Å². The predicted octanol–water partition coefficient (Wildman–Crippen LogP) is 10.8. The number of aryl methyl sites for hydroxylation is 1. The van der Waals surface area contributed by atoms with Gasteiger partial charge in [-0.2, -0.15) is 10.5 Å². The molecule has 0 unspecified atom stereocenters. The molecule has 0 saturated carbocycles. The fourth-order valence-corrected chi connectivity index (χ4v) is 7.52. The number of hydrogen-bond acceptors (Lipinski definition) is 2. The van der Waals surface area contributed by atoms with Crippen LogP contribution in [0, 0.1) is 22.7 Å². The molecular weight excluding hydrogens is 585 g/mol. The van der Waals surface area contributed by atoms with Crippen molar-refractivity contribution >= 4 is 38.8 Å². The molecule has 4 nitrogen and oxygen atoms in total. The van der Waals surface area contributed by atoms with E-state index in [9.17, 15) is 10.5 Å². The zero-order chi connectivity index (χ0) is 32.2. The van der Waals surface area contributed by atoms with Crippen LogP contribution in [0.1, 0.15) is 28.8 Å². The Morgan fingerprint density at radius 2 is 1.23 bits per heavy atom. The van der Waals surface area contributed by atoms with Crippen LogP contribution in [-0.2, 0) is 6.42 Å². The highest BCUT2D eigenvalue weighted by atomic mass is 15.0. The van der Waals surface area contributed by atoms with Gasteiger partial charge in [-0.1, -0.05) is 78.9 Å². The molecule has 0 bridgehead atoms. The van der Waals surface area contributed by atoms with Crippen molar-refractivity contribution in [1.29, 1.82) is 10.5 Å². The average molecular weight is 613 g/mol. The largest absolute Gasteiger partial charge is 0.309 e. The molecule has 0 spiro atoms. The minimum Gasteiger partial charge on any atom is -0.309 e. The SMILES string of the molecule is N#Cc1ccc2c(c1)c1c(n2-c2ccccc2-c2ccc(C#N)c(-c3ccc(-n4c5ccccc5c5ccccc54)cc3)c2)C=CCC1. The van der Waals surface area contributed by atoms with E-state index in [0.717, 1.165) is 63.1 Å². The lowest BCUT2D eigenvalue weighted by Gasteiger charge is -2.17. The minimum atomic E-state index is 0.636. The molecule has 4 heteroatoms. The maximum atomic E-state index is 10.2. The normalized spacial score (nSPS) is 12.3. The second-order valence-electron chi connectivity index (χ2n) is 12.3. The Kier molecular flexibility index (Phi) is 6.35. The number of fused-ring (bicyclic) bond motifs is 6. The Bertz CT molecular complexity index is 2630. The summed E-state index contributed by atoms with van der Waals surface area (Å²) >= 11 is 0. The smallest absolute Gasteiger partial charge is 0.0998 e. The first-order valence-corrected chi connectivity index (χ1v) is 16.2. The topological polar surface area (TPSA) is 57.4 Å². The maximum Gasteiger partial charge on any atom is 0.0998 e. The third-order valence-corrected chi connectivity index (χ3v) is 9.69. The molecule has 0 atom stereocenters. The third-order valence-electron chi connectivity index (χ3n) is 9.69. The molecule has 224 valence electrons. The van der Waals surface area contributed by atoms with Gasteiger partial charge in [0.1, 0.15) is 0 Å². The highest BCUT2D eigenvalue weighted by molar-refractivity contribution is 6.09. The fraction of sp³-hybridized carbons (Fsp3) is 0.0455. The van der Waals surface area contributed by atoms with Gasteiger partial charge in [-0.3, -0.25) is 0 Å². The molecule has 6 aromatic carbocycles. The quantitative estimate of drug-likeness (QED) is 0.199. The van der Waals surface area contributed by atoms with Crippen molar-refractivity contribution in [2.75, 3.05) is 0 Å². The lowest BCUT2D eigenvalue weighted by Crippen LogP contribution is -2.02. The van der Waals surface area contributed by atoms with Gasteiger partial charge in [-0.15, -0.1) is 0 Å². The van der Waals surface area contributed by atoms with Crippen LogP contribution < -0.4 is 0 Å². The van der Waals surface area contributed by atoms with Crippen molar-refractivity contribution in [3.8, 4) is 45.8 Å². The first-order valence-electron chi connectivity index (χ1n) is 16.2. The number of benzene rings is 6. The molecule has 0 N–H and O–H groups in total. The third kappa shape index (κ3) is 4.21. The van der Waals surface area contributed by atoms with Crippen LogP contribution in [0.5, 0.6) is 0 Å². The summed E-state index contributed by atoms with van der Waals surface area (Å²) < 4.78 is 4.64. The molecule has 2 aromatic heterocycles. The zero-order valence-electron chi connectivity index (χ0n) is 26.1. The lowest BCUT2D eigenvalue weighted by molar-refractivity contribution is 0.968. The molecule has 8 aromatic rings. The summed E-state index contributed by atoms with van der Waals surface area (Å²) in [4.78, 5) is 0. The van der Waals surface area contributed by atoms with Crippen molar-refractivity contribution in [2.24, 2.45) is 0 Å². The first-order chi connectivity index (χ1) is 23.7. The highest BCUT2D eigenvalue weighted by Gasteiger charge is 2.21. The second kappa shape index (κ2) is 11.0. The number of allylic oxidation sites excluding steroid dienone is 1. The minimum absolute atomic E-state index is 0.636. The molecule has 1 aliphatic rings. The molecule has 0 radical (unpaired) electrons. The van der Waals surface area contributed by atoms with Crippen LogP contribution in [-0.4, -0.2) is 9.13 Å². The van der Waals surface area contributed by atoms with E-state index in [1.807, 2.05) is 18.2 Å². The number of nitrogens with zero attached hydrogens (tertiary/aromatic N) is 4. The Labute approximate surface area is 278 Å². The molecule has 0 amide bonds. The second-order valence-corrected chi connectivity index (χ2v) is 12.3. The van der Waals surface area contributed by atoms with Crippen molar-refractivity contribution in [2.45, 2.75) is 12.8 Å². The zero-order valence-corrected chi connectivity index (χ0v) is 26.1. The molecule has 48 heavy (non-hydrogen) atoms. The number of rotatable bonds is 4. The van der Waals surface area contributed by atoms with E-state index in [4.69, 9.17) is 0 Å². The van der Waals surface area contributed by atoms with Crippen LogP contribution in [0.4, 0.5) is 0 Å². The highest BCUT2D eigenvalue weighted by Crippen LogP contribution is 2.39. The molecule has 0 saturated heterocycles. The van der Waals surface area contributed by atoms with Gasteiger partial charge < -0.3 is 9.13 Å². The van der Waals surface area contributed by atoms with E-state index in [-0.39, 0.29) is 0 Å². The average Bonchev–Trinajstić information content (AvgIpc) is 3.67. The predicted molar refractivity (Wildman–Crippen MR) is 195 cm³/mol. The Hall–Kier alpha value is -6.62. The Balaban J connectivity index is 1.18. The van der Waals surface area contributed by atoms with Crippen molar-refractivity contribution in [1.82, 2.24) is 9.13 Å². The van der Waals surface area contributed by atoms with Gasteiger partial charge in [0.2, 0.25) is 0 Å². The molecular formula is C44H28N4. The van der Waals surface area contributed by atoms with E-state index in [1.165, 1.54) is 27.4 Å². The van der Waals surface area contributed by atoms with Crippen molar-refractivity contribution < 1.29 is 0 Å². The molecule has 1 aliphatic carbocycles. The molecule has 0 aliphatic heterocycles. The summed E-state index contributed by atoms with van der Waals surface area (Å²) in [6.07, 6.45) is 6.37. The summed E-state index contributed by atoms with van der Waals surface area (Å²) in [5.74, 6) is 0. The number of para-hydroxylation sites is 3. The molecule has 0 fully saturated rings. The van der Waals surface area contributed by atoms with Crippen molar-refractivity contribution in [3.63, 3.8) is 0 Å². The van der Waals surface area contributed by atoms with Crippen LogP contribution in [0.3, 0.4) is 0 Å². The van der Waals surface area contributed by atoms with Gasteiger partial charge in [0.05, 0.1) is 45.5 Å². The summed E-state index contributed by atoms with van der Waals surface area (Å²) in [7, 11) is 0. The van der Waals surface area contributed by atoms with E-state index in [0.29, 0.717) is 11.1 Å². The van der Waals surface area contributed by atoms with Crippen LogP contribution in [0.2, 0.25) is 0 Å². The number of aromatic nitrogens is 2.